The van der Waals surface area contributed by atoms with Crippen molar-refractivity contribution >= 4 is 0 Å². The van der Waals surface area contributed by atoms with Crippen molar-refractivity contribution in [1.29, 1.82) is 0 Å². The van der Waals surface area contributed by atoms with E-state index in [-0.39, 0.29) is 0 Å². The SMILES string of the molecule is Cc1ccc(C(C)NC2CCNCC2C)cc1. The molecule has 1 aromatic carbocycles. The van der Waals surface area contributed by atoms with Gasteiger partial charge in [-0.15, -0.1) is 0 Å². The molecule has 2 heteroatoms. The van der Waals surface area contributed by atoms with Crippen LogP contribution in [0.1, 0.15) is 37.4 Å². The predicted molar refractivity (Wildman–Crippen MR) is 73.2 cm³/mol. The standard InChI is InChI=1S/C15H24N2/c1-11-4-6-14(7-5-11)13(3)17-15-8-9-16-10-12(15)2/h4-7,12-13,15-17H,8-10H2,1-3H3. The summed E-state index contributed by atoms with van der Waals surface area (Å²) in [5.41, 5.74) is 2.72. The Hall–Kier alpha value is -0.860. The van der Waals surface area contributed by atoms with Crippen LogP contribution in [0.25, 0.3) is 0 Å². The van der Waals surface area contributed by atoms with Crippen molar-refractivity contribution < 1.29 is 0 Å². The Kier molecular flexibility index (Phi) is 4.19. The van der Waals surface area contributed by atoms with Crippen molar-refractivity contribution in [1.82, 2.24) is 10.6 Å². The van der Waals surface area contributed by atoms with Crippen LogP contribution < -0.4 is 10.6 Å². The maximum atomic E-state index is 3.76. The van der Waals surface area contributed by atoms with Gasteiger partial charge in [-0.25, -0.2) is 0 Å². The molecule has 1 heterocycles. The summed E-state index contributed by atoms with van der Waals surface area (Å²) in [4.78, 5) is 0. The summed E-state index contributed by atoms with van der Waals surface area (Å²) in [5.74, 6) is 0.719. The first kappa shape index (κ1) is 12.6. The Bertz CT molecular complexity index is 344. The Morgan fingerprint density at radius 3 is 2.65 bits per heavy atom. The van der Waals surface area contributed by atoms with E-state index in [9.17, 15) is 0 Å². The molecule has 3 unspecified atom stereocenters. The van der Waals surface area contributed by atoms with Crippen LogP contribution in [-0.2, 0) is 0 Å². The second kappa shape index (κ2) is 5.65. The van der Waals surface area contributed by atoms with Crippen LogP contribution in [0.3, 0.4) is 0 Å². The van der Waals surface area contributed by atoms with Gasteiger partial charge in [-0.2, -0.15) is 0 Å². The van der Waals surface area contributed by atoms with Gasteiger partial charge in [-0.1, -0.05) is 36.8 Å². The topological polar surface area (TPSA) is 24.1 Å². The van der Waals surface area contributed by atoms with Crippen LogP contribution in [0.15, 0.2) is 24.3 Å². The zero-order valence-electron chi connectivity index (χ0n) is 11.2. The second-order valence-corrected chi connectivity index (χ2v) is 5.38. The molecule has 3 atom stereocenters. The highest BCUT2D eigenvalue weighted by Crippen LogP contribution is 2.18. The van der Waals surface area contributed by atoms with Gasteiger partial charge in [-0.3, -0.25) is 0 Å². The molecule has 0 radical (unpaired) electrons. The van der Waals surface area contributed by atoms with E-state index in [1.165, 1.54) is 17.5 Å². The summed E-state index contributed by atoms with van der Waals surface area (Å²) >= 11 is 0. The Morgan fingerprint density at radius 1 is 1.29 bits per heavy atom. The summed E-state index contributed by atoms with van der Waals surface area (Å²) in [6.45, 7) is 9.00. The van der Waals surface area contributed by atoms with E-state index in [1.54, 1.807) is 0 Å². The Morgan fingerprint density at radius 2 is 2.00 bits per heavy atom. The fourth-order valence-corrected chi connectivity index (χ4v) is 2.53. The van der Waals surface area contributed by atoms with E-state index in [1.807, 2.05) is 0 Å². The van der Waals surface area contributed by atoms with E-state index in [4.69, 9.17) is 0 Å². The van der Waals surface area contributed by atoms with Gasteiger partial charge in [0, 0.05) is 12.1 Å². The summed E-state index contributed by atoms with van der Waals surface area (Å²) in [6.07, 6.45) is 1.23. The first-order valence-corrected chi connectivity index (χ1v) is 6.70. The summed E-state index contributed by atoms with van der Waals surface area (Å²) in [5, 5.41) is 7.21. The van der Waals surface area contributed by atoms with Crippen molar-refractivity contribution in [3.05, 3.63) is 35.4 Å². The Labute approximate surface area is 105 Å². The quantitative estimate of drug-likeness (QED) is 0.837. The van der Waals surface area contributed by atoms with Gasteiger partial charge in [0.25, 0.3) is 0 Å². The van der Waals surface area contributed by atoms with Crippen LogP contribution in [0.5, 0.6) is 0 Å². The first-order chi connectivity index (χ1) is 8.16. The average Bonchev–Trinajstić information content (AvgIpc) is 2.33. The monoisotopic (exact) mass is 232 g/mol. The summed E-state index contributed by atoms with van der Waals surface area (Å²) in [7, 11) is 0. The average molecular weight is 232 g/mol. The summed E-state index contributed by atoms with van der Waals surface area (Å²) in [6, 6.07) is 9.95. The molecule has 0 aromatic heterocycles. The van der Waals surface area contributed by atoms with Gasteiger partial charge in [-0.05, 0) is 44.8 Å². The molecule has 0 amide bonds. The largest absolute Gasteiger partial charge is 0.316 e. The van der Waals surface area contributed by atoms with E-state index in [2.05, 4.69) is 55.7 Å². The fourth-order valence-electron chi connectivity index (χ4n) is 2.53. The van der Waals surface area contributed by atoms with Crippen LogP contribution in [-0.4, -0.2) is 19.1 Å². The highest BCUT2D eigenvalue weighted by Gasteiger charge is 2.22. The molecule has 2 rings (SSSR count). The molecule has 2 N–H and O–H groups in total. The van der Waals surface area contributed by atoms with Crippen molar-refractivity contribution in [2.75, 3.05) is 13.1 Å². The minimum atomic E-state index is 0.446. The van der Waals surface area contributed by atoms with E-state index in [0.29, 0.717) is 12.1 Å². The number of hydrogen-bond donors (Lipinski definition) is 2. The number of piperidine rings is 1. The number of rotatable bonds is 3. The molecule has 1 aromatic rings. The third-order valence-electron chi connectivity index (χ3n) is 3.83. The van der Waals surface area contributed by atoms with Gasteiger partial charge in [0.1, 0.15) is 0 Å². The lowest BCUT2D eigenvalue weighted by atomic mass is 9.93. The molecular weight excluding hydrogens is 208 g/mol. The molecular formula is C15H24N2. The fraction of sp³-hybridized carbons (Fsp3) is 0.600. The van der Waals surface area contributed by atoms with E-state index >= 15 is 0 Å². The van der Waals surface area contributed by atoms with Crippen LogP contribution in [0.2, 0.25) is 0 Å². The van der Waals surface area contributed by atoms with Gasteiger partial charge >= 0.3 is 0 Å². The maximum absolute atomic E-state index is 3.76. The van der Waals surface area contributed by atoms with Crippen molar-refractivity contribution in [2.45, 2.75) is 39.3 Å². The van der Waals surface area contributed by atoms with Crippen molar-refractivity contribution in [3.63, 3.8) is 0 Å². The highest BCUT2D eigenvalue weighted by atomic mass is 15.0. The first-order valence-electron chi connectivity index (χ1n) is 6.70. The van der Waals surface area contributed by atoms with Crippen LogP contribution >= 0.6 is 0 Å². The smallest absolute Gasteiger partial charge is 0.0294 e. The molecule has 1 aliphatic rings. The molecule has 94 valence electrons. The van der Waals surface area contributed by atoms with Crippen LogP contribution in [0, 0.1) is 12.8 Å². The Balaban J connectivity index is 1.95. The summed E-state index contributed by atoms with van der Waals surface area (Å²) < 4.78 is 0. The van der Waals surface area contributed by atoms with Crippen LogP contribution in [0.4, 0.5) is 0 Å². The number of hydrogen-bond acceptors (Lipinski definition) is 2. The zero-order chi connectivity index (χ0) is 12.3. The third kappa shape index (κ3) is 3.30. The molecule has 1 aliphatic heterocycles. The molecule has 0 spiro atoms. The van der Waals surface area contributed by atoms with Gasteiger partial charge < -0.3 is 10.6 Å². The molecule has 0 saturated carbocycles. The zero-order valence-corrected chi connectivity index (χ0v) is 11.2. The number of aryl methyl sites for hydroxylation is 1. The predicted octanol–water partition coefficient (Wildman–Crippen LogP) is 2.64. The van der Waals surface area contributed by atoms with Gasteiger partial charge in [0.15, 0.2) is 0 Å². The highest BCUT2D eigenvalue weighted by molar-refractivity contribution is 5.23. The van der Waals surface area contributed by atoms with E-state index in [0.717, 1.165) is 19.0 Å². The lowest BCUT2D eigenvalue weighted by Gasteiger charge is -2.33. The van der Waals surface area contributed by atoms with Gasteiger partial charge in [0.2, 0.25) is 0 Å². The number of nitrogens with one attached hydrogen (secondary N) is 2. The second-order valence-electron chi connectivity index (χ2n) is 5.38. The van der Waals surface area contributed by atoms with Gasteiger partial charge in [0.05, 0.1) is 0 Å². The van der Waals surface area contributed by atoms with Crippen molar-refractivity contribution in [2.24, 2.45) is 5.92 Å². The molecule has 1 saturated heterocycles. The lowest BCUT2D eigenvalue weighted by Crippen LogP contribution is -2.47. The molecule has 17 heavy (non-hydrogen) atoms. The molecule has 0 bridgehead atoms. The van der Waals surface area contributed by atoms with Crippen molar-refractivity contribution in [3.8, 4) is 0 Å². The lowest BCUT2D eigenvalue weighted by molar-refractivity contribution is 0.278. The minimum absolute atomic E-state index is 0.446. The third-order valence-corrected chi connectivity index (χ3v) is 3.83. The normalized spacial score (nSPS) is 26.8. The molecule has 2 nitrogen and oxygen atoms in total. The van der Waals surface area contributed by atoms with E-state index < -0.39 is 0 Å². The molecule has 1 fully saturated rings. The minimum Gasteiger partial charge on any atom is -0.316 e. The number of benzene rings is 1. The maximum Gasteiger partial charge on any atom is 0.0294 e. The molecule has 0 aliphatic carbocycles.